The number of aromatic nitrogens is 1. The van der Waals surface area contributed by atoms with E-state index in [1.165, 1.54) is 0 Å². The van der Waals surface area contributed by atoms with Gasteiger partial charge in [-0.3, -0.25) is 9.59 Å². The lowest BCUT2D eigenvalue weighted by atomic mass is 9.94. The fraction of sp³-hybridized carbons (Fsp3) is 0.375. The van der Waals surface area contributed by atoms with Gasteiger partial charge in [0.15, 0.2) is 5.78 Å². The van der Waals surface area contributed by atoms with E-state index in [1.807, 2.05) is 25.1 Å². The first-order valence-corrected chi connectivity index (χ1v) is 6.91. The number of hydrogen-bond acceptors (Lipinski definition) is 2. The van der Waals surface area contributed by atoms with Crippen molar-refractivity contribution < 1.29 is 14.7 Å². The van der Waals surface area contributed by atoms with Gasteiger partial charge < -0.3 is 10.1 Å². The van der Waals surface area contributed by atoms with Gasteiger partial charge in [-0.1, -0.05) is 12.1 Å². The summed E-state index contributed by atoms with van der Waals surface area (Å²) in [6.45, 7) is 2.01. The quantitative estimate of drug-likeness (QED) is 0.842. The van der Waals surface area contributed by atoms with Crippen LogP contribution in [0.1, 0.15) is 35.2 Å². The van der Waals surface area contributed by atoms with Gasteiger partial charge in [-0.2, -0.15) is 0 Å². The number of nitrogens with one attached hydrogen (secondary N) is 1. The second kappa shape index (κ2) is 4.78. The highest BCUT2D eigenvalue weighted by Gasteiger charge is 2.34. The Morgan fingerprint density at radius 3 is 2.70 bits per heavy atom. The molecule has 20 heavy (non-hydrogen) atoms. The lowest BCUT2D eigenvalue weighted by Crippen LogP contribution is -2.14. The third kappa shape index (κ3) is 2.11. The van der Waals surface area contributed by atoms with Crippen LogP contribution in [0.5, 0.6) is 0 Å². The summed E-state index contributed by atoms with van der Waals surface area (Å²) >= 11 is 0. The molecule has 1 fully saturated rings. The second-order valence-corrected chi connectivity index (χ2v) is 5.66. The zero-order chi connectivity index (χ0) is 14.3. The summed E-state index contributed by atoms with van der Waals surface area (Å²) in [6.07, 6.45) is 3.49. The first-order chi connectivity index (χ1) is 9.56. The van der Waals surface area contributed by atoms with Gasteiger partial charge in [0, 0.05) is 28.6 Å². The number of aryl methyl sites for hydroxylation is 1. The maximum Gasteiger partial charge on any atom is 0.306 e. The molecule has 1 aliphatic rings. The van der Waals surface area contributed by atoms with E-state index in [9.17, 15) is 9.59 Å². The number of benzene rings is 1. The Morgan fingerprint density at radius 1 is 1.25 bits per heavy atom. The standard InChI is InChI=1S/C16H17NO3/c1-9-2-5-12-13(8-17-14(12)6-9)15(18)10-3-4-11(7-10)16(19)20/h2,5-6,8,10-11,17H,3-4,7H2,1H3,(H,19,20). The van der Waals surface area contributed by atoms with Crippen molar-refractivity contribution in [1.29, 1.82) is 0 Å². The highest BCUT2D eigenvalue weighted by molar-refractivity contribution is 6.09. The largest absolute Gasteiger partial charge is 0.481 e. The fourth-order valence-corrected chi connectivity index (χ4v) is 3.11. The van der Waals surface area contributed by atoms with E-state index in [2.05, 4.69) is 4.98 Å². The Kier molecular flexibility index (Phi) is 3.08. The summed E-state index contributed by atoms with van der Waals surface area (Å²) in [6, 6.07) is 5.96. The topological polar surface area (TPSA) is 70.2 Å². The highest BCUT2D eigenvalue weighted by atomic mass is 16.4. The molecule has 2 atom stereocenters. The molecule has 0 spiro atoms. The van der Waals surface area contributed by atoms with E-state index in [0.717, 1.165) is 16.5 Å². The molecule has 4 nitrogen and oxygen atoms in total. The van der Waals surface area contributed by atoms with Crippen LogP contribution >= 0.6 is 0 Å². The van der Waals surface area contributed by atoms with Crippen molar-refractivity contribution in [2.45, 2.75) is 26.2 Å². The van der Waals surface area contributed by atoms with Gasteiger partial charge in [0.1, 0.15) is 0 Å². The number of carbonyl (C=O) groups is 2. The molecule has 1 aliphatic carbocycles. The minimum absolute atomic E-state index is 0.0730. The van der Waals surface area contributed by atoms with Crippen LogP contribution in [0, 0.1) is 18.8 Å². The smallest absolute Gasteiger partial charge is 0.306 e. The Morgan fingerprint density at radius 2 is 2.00 bits per heavy atom. The maximum absolute atomic E-state index is 12.6. The van der Waals surface area contributed by atoms with E-state index in [4.69, 9.17) is 5.11 Å². The average Bonchev–Trinajstić information content (AvgIpc) is 3.04. The Hall–Kier alpha value is -2.10. The zero-order valence-corrected chi connectivity index (χ0v) is 11.3. The molecule has 2 aromatic rings. The van der Waals surface area contributed by atoms with Gasteiger partial charge in [-0.05, 0) is 37.8 Å². The molecule has 0 bridgehead atoms. The summed E-state index contributed by atoms with van der Waals surface area (Å²) in [5.74, 6) is -1.23. The number of carbonyl (C=O) groups excluding carboxylic acids is 1. The molecule has 2 unspecified atom stereocenters. The number of hydrogen-bond donors (Lipinski definition) is 2. The van der Waals surface area contributed by atoms with E-state index in [-0.39, 0.29) is 17.6 Å². The van der Waals surface area contributed by atoms with Crippen molar-refractivity contribution in [3.05, 3.63) is 35.5 Å². The Labute approximate surface area is 116 Å². The molecule has 0 saturated heterocycles. The maximum atomic E-state index is 12.6. The van der Waals surface area contributed by atoms with Gasteiger partial charge in [0.25, 0.3) is 0 Å². The van der Waals surface area contributed by atoms with Crippen LogP contribution in [0.3, 0.4) is 0 Å². The summed E-state index contributed by atoms with van der Waals surface area (Å²) in [4.78, 5) is 26.7. The van der Waals surface area contributed by atoms with Crippen molar-refractivity contribution in [2.75, 3.05) is 0 Å². The van der Waals surface area contributed by atoms with Crippen molar-refractivity contribution in [2.24, 2.45) is 11.8 Å². The van der Waals surface area contributed by atoms with Gasteiger partial charge in [0.2, 0.25) is 0 Å². The predicted molar refractivity (Wildman–Crippen MR) is 75.8 cm³/mol. The van der Waals surface area contributed by atoms with Crippen LogP contribution in [-0.2, 0) is 4.79 Å². The number of carboxylic acids is 1. The van der Waals surface area contributed by atoms with E-state index >= 15 is 0 Å². The molecular weight excluding hydrogens is 254 g/mol. The molecule has 1 saturated carbocycles. The SMILES string of the molecule is Cc1ccc2c(C(=O)C3CCC(C(=O)O)C3)c[nH]c2c1. The van der Waals surface area contributed by atoms with Crippen LogP contribution in [-0.4, -0.2) is 21.8 Å². The minimum Gasteiger partial charge on any atom is -0.481 e. The lowest BCUT2D eigenvalue weighted by molar-refractivity contribution is -0.141. The first kappa shape index (κ1) is 12.9. The van der Waals surface area contributed by atoms with E-state index < -0.39 is 5.97 Å². The molecule has 1 heterocycles. The van der Waals surface area contributed by atoms with E-state index in [1.54, 1.807) is 6.20 Å². The van der Waals surface area contributed by atoms with Crippen LogP contribution in [0.2, 0.25) is 0 Å². The number of Topliss-reactive ketones (excluding diaryl/α,β-unsaturated/α-hetero) is 1. The average molecular weight is 271 g/mol. The van der Waals surface area contributed by atoms with Crippen LogP contribution in [0.4, 0.5) is 0 Å². The molecule has 2 N–H and O–H groups in total. The molecule has 4 heteroatoms. The molecule has 0 aliphatic heterocycles. The lowest BCUT2D eigenvalue weighted by Gasteiger charge is -2.07. The third-order valence-corrected chi connectivity index (χ3v) is 4.26. The summed E-state index contributed by atoms with van der Waals surface area (Å²) in [5.41, 5.74) is 2.79. The fourth-order valence-electron chi connectivity index (χ4n) is 3.11. The number of aromatic amines is 1. The zero-order valence-electron chi connectivity index (χ0n) is 11.3. The predicted octanol–water partition coefficient (Wildman–Crippen LogP) is 3.16. The number of carboxylic acid groups (broad SMARTS) is 1. The Balaban J connectivity index is 1.88. The molecule has 1 aromatic carbocycles. The summed E-state index contributed by atoms with van der Waals surface area (Å²) in [5, 5.41) is 9.96. The van der Waals surface area contributed by atoms with Gasteiger partial charge in [-0.15, -0.1) is 0 Å². The van der Waals surface area contributed by atoms with Crippen molar-refractivity contribution in [3.63, 3.8) is 0 Å². The summed E-state index contributed by atoms with van der Waals surface area (Å²) in [7, 11) is 0. The normalized spacial score (nSPS) is 22.2. The van der Waals surface area contributed by atoms with Crippen molar-refractivity contribution in [3.8, 4) is 0 Å². The molecule has 3 rings (SSSR count). The van der Waals surface area contributed by atoms with Crippen LogP contribution in [0.15, 0.2) is 24.4 Å². The molecule has 0 amide bonds. The highest BCUT2D eigenvalue weighted by Crippen LogP contribution is 2.34. The molecule has 0 radical (unpaired) electrons. The van der Waals surface area contributed by atoms with Crippen LogP contribution < -0.4 is 0 Å². The number of ketones is 1. The second-order valence-electron chi connectivity index (χ2n) is 5.66. The summed E-state index contributed by atoms with van der Waals surface area (Å²) < 4.78 is 0. The number of fused-ring (bicyclic) bond motifs is 1. The molecular formula is C16H17NO3. The van der Waals surface area contributed by atoms with Gasteiger partial charge in [0.05, 0.1) is 5.92 Å². The molecule has 104 valence electrons. The van der Waals surface area contributed by atoms with Crippen molar-refractivity contribution >= 4 is 22.7 Å². The number of rotatable bonds is 3. The molecule has 1 aromatic heterocycles. The third-order valence-electron chi connectivity index (χ3n) is 4.26. The van der Waals surface area contributed by atoms with Gasteiger partial charge in [-0.25, -0.2) is 0 Å². The van der Waals surface area contributed by atoms with E-state index in [0.29, 0.717) is 24.8 Å². The first-order valence-electron chi connectivity index (χ1n) is 6.91. The Bertz CT molecular complexity index is 686. The van der Waals surface area contributed by atoms with Crippen molar-refractivity contribution in [1.82, 2.24) is 4.98 Å². The monoisotopic (exact) mass is 271 g/mol. The number of H-pyrrole nitrogens is 1. The number of aliphatic carboxylic acids is 1. The van der Waals surface area contributed by atoms with Gasteiger partial charge >= 0.3 is 5.97 Å². The minimum atomic E-state index is -0.783. The van der Waals surface area contributed by atoms with Crippen LogP contribution in [0.25, 0.3) is 10.9 Å².